The standard InChI is InChI=1S/C26H31FN4O3/c1-28-10-12-34-19-7-5-17(6-8-19)22-14-24(31-11-9-18(16-31)26(32)30(2)3)20-13-21(27)25(33-4)15-23(20)29-22/h5-8,13-15,18,28H,9-12,16H2,1-4H3. The van der Waals surface area contributed by atoms with Crippen LogP contribution in [0.25, 0.3) is 22.2 Å². The SMILES string of the molecule is CNCCOc1ccc(-c2cc(N3CCC(C(=O)N(C)C)C3)c3cc(F)c(OC)cc3n2)cc1. The molecule has 1 fully saturated rings. The highest BCUT2D eigenvalue weighted by Gasteiger charge is 2.30. The topological polar surface area (TPSA) is 66.9 Å². The van der Waals surface area contributed by atoms with Gasteiger partial charge in [0.25, 0.3) is 0 Å². The smallest absolute Gasteiger partial charge is 0.227 e. The minimum absolute atomic E-state index is 0.0844. The number of hydrogen-bond acceptors (Lipinski definition) is 6. The molecule has 0 radical (unpaired) electrons. The van der Waals surface area contributed by atoms with E-state index in [2.05, 4.69) is 10.2 Å². The summed E-state index contributed by atoms with van der Waals surface area (Å²) in [5, 5.41) is 3.76. The molecule has 8 heteroatoms. The van der Waals surface area contributed by atoms with E-state index in [1.165, 1.54) is 13.2 Å². The quantitative estimate of drug-likeness (QED) is 0.512. The molecule has 7 nitrogen and oxygen atoms in total. The van der Waals surface area contributed by atoms with Gasteiger partial charge < -0.3 is 24.6 Å². The Bertz CT molecular complexity index is 1170. The van der Waals surface area contributed by atoms with Gasteiger partial charge in [0.1, 0.15) is 12.4 Å². The van der Waals surface area contributed by atoms with Gasteiger partial charge in [0.15, 0.2) is 11.6 Å². The van der Waals surface area contributed by atoms with Crippen molar-refractivity contribution in [2.24, 2.45) is 5.92 Å². The van der Waals surface area contributed by atoms with Crippen LogP contribution in [0.5, 0.6) is 11.5 Å². The second kappa shape index (κ2) is 10.3. The number of pyridine rings is 1. The Labute approximate surface area is 199 Å². The Kier molecular flexibility index (Phi) is 7.17. The van der Waals surface area contributed by atoms with E-state index in [-0.39, 0.29) is 17.6 Å². The van der Waals surface area contributed by atoms with Gasteiger partial charge in [-0.1, -0.05) is 0 Å². The first-order valence-corrected chi connectivity index (χ1v) is 11.4. The Morgan fingerprint density at radius 2 is 2.00 bits per heavy atom. The van der Waals surface area contributed by atoms with Crippen LogP contribution in [0.4, 0.5) is 10.1 Å². The number of ether oxygens (including phenoxy) is 2. The molecule has 34 heavy (non-hydrogen) atoms. The number of aromatic nitrogens is 1. The van der Waals surface area contributed by atoms with E-state index in [4.69, 9.17) is 14.5 Å². The fraction of sp³-hybridized carbons (Fsp3) is 0.385. The van der Waals surface area contributed by atoms with Gasteiger partial charge in [-0.3, -0.25) is 4.79 Å². The van der Waals surface area contributed by atoms with Crippen molar-refractivity contribution in [3.63, 3.8) is 0 Å². The average Bonchev–Trinajstić information content (AvgIpc) is 3.33. The van der Waals surface area contributed by atoms with Gasteiger partial charge in [-0.15, -0.1) is 0 Å². The van der Waals surface area contributed by atoms with Gasteiger partial charge in [0.2, 0.25) is 5.91 Å². The molecule has 0 aliphatic carbocycles. The Morgan fingerprint density at radius 3 is 2.68 bits per heavy atom. The molecule has 1 atom stereocenters. The van der Waals surface area contributed by atoms with Gasteiger partial charge in [0, 0.05) is 56.4 Å². The van der Waals surface area contributed by atoms with E-state index >= 15 is 0 Å². The number of carbonyl (C=O) groups is 1. The molecule has 1 saturated heterocycles. The Hall–Kier alpha value is -3.39. The number of amides is 1. The van der Waals surface area contributed by atoms with E-state index in [0.717, 1.165) is 35.7 Å². The number of fused-ring (bicyclic) bond motifs is 1. The summed E-state index contributed by atoms with van der Waals surface area (Å²) in [6.07, 6.45) is 0.757. The van der Waals surface area contributed by atoms with Crippen molar-refractivity contribution in [1.29, 1.82) is 0 Å². The predicted molar refractivity (Wildman–Crippen MR) is 132 cm³/mol. The number of likely N-dealkylation sites (N-methyl/N-ethyl adjacent to an activating group) is 1. The summed E-state index contributed by atoms with van der Waals surface area (Å²) in [6.45, 7) is 2.65. The zero-order valence-corrected chi connectivity index (χ0v) is 20.1. The van der Waals surface area contributed by atoms with Gasteiger partial charge in [0.05, 0.1) is 24.2 Å². The summed E-state index contributed by atoms with van der Waals surface area (Å²) in [7, 11) is 6.88. The van der Waals surface area contributed by atoms with Crippen molar-refractivity contribution >= 4 is 22.5 Å². The lowest BCUT2D eigenvalue weighted by atomic mass is 10.1. The lowest BCUT2D eigenvalue weighted by Crippen LogP contribution is -2.31. The van der Waals surface area contributed by atoms with E-state index < -0.39 is 5.82 Å². The molecular formula is C26H31FN4O3. The van der Waals surface area contributed by atoms with E-state index in [1.54, 1.807) is 25.1 Å². The molecule has 4 rings (SSSR count). The van der Waals surface area contributed by atoms with Crippen LogP contribution in [0.15, 0.2) is 42.5 Å². The second-order valence-electron chi connectivity index (χ2n) is 8.67. The van der Waals surface area contributed by atoms with Crippen molar-refractivity contribution in [2.75, 3.05) is 59.4 Å². The van der Waals surface area contributed by atoms with Crippen LogP contribution in [0.2, 0.25) is 0 Å². The molecular weight excluding hydrogens is 435 g/mol. The van der Waals surface area contributed by atoms with Crippen LogP contribution in [0.1, 0.15) is 6.42 Å². The molecule has 0 bridgehead atoms. The summed E-state index contributed by atoms with van der Waals surface area (Å²) in [4.78, 5) is 21.1. The molecule has 180 valence electrons. The first-order chi connectivity index (χ1) is 16.4. The van der Waals surface area contributed by atoms with Gasteiger partial charge in [-0.2, -0.15) is 0 Å². The number of methoxy groups -OCH3 is 1. The molecule has 1 N–H and O–H groups in total. The summed E-state index contributed by atoms with van der Waals surface area (Å²) in [5.41, 5.74) is 3.19. The first-order valence-electron chi connectivity index (χ1n) is 11.4. The van der Waals surface area contributed by atoms with E-state index in [1.807, 2.05) is 37.4 Å². The maximum atomic E-state index is 14.6. The largest absolute Gasteiger partial charge is 0.494 e. The van der Waals surface area contributed by atoms with Crippen molar-refractivity contribution in [3.05, 3.63) is 48.3 Å². The van der Waals surface area contributed by atoms with Crippen molar-refractivity contribution < 1.29 is 18.7 Å². The molecule has 0 spiro atoms. The number of nitrogens with zero attached hydrogens (tertiary/aromatic N) is 3. The number of nitrogens with one attached hydrogen (secondary N) is 1. The highest BCUT2D eigenvalue weighted by atomic mass is 19.1. The van der Waals surface area contributed by atoms with Crippen LogP contribution in [0, 0.1) is 11.7 Å². The highest BCUT2D eigenvalue weighted by Crippen LogP contribution is 2.37. The molecule has 1 aliphatic heterocycles. The molecule has 1 unspecified atom stereocenters. The molecule has 0 saturated carbocycles. The molecule has 1 aromatic heterocycles. The minimum atomic E-state index is -0.436. The van der Waals surface area contributed by atoms with Crippen LogP contribution >= 0.6 is 0 Å². The zero-order valence-electron chi connectivity index (χ0n) is 20.1. The summed E-state index contributed by atoms with van der Waals surface area (Å²) < 4.78 is 25.6. The van der Waals surface area contributed by atoms with Crippen molar-refractivity contribution in [2.45, 2.75) is 6.42 Å². The second-order valence-corrected chi connectivity index (χ2v) is 8.67. The van der Waals surface area contributed by atoms with E-state index in [0.29, 0.717) is 30.6 Å². The lowest BCUT2D eigenvalue weighted by molar-refractivity contribution is -0.132. The fourth-order valence-corrected chi connectivity index (χ4v) is 4.31. The molecule has 1 amide bonds. The number of halogens is 1. The summed E-state index contributed by atoms with van der Waals surface area (Å²) >= 11 is 0. The Morgan fingerprint density at radius 1 is 1.24 bits per heavy atom. The lowest BCUT2D eigenvalue weighted by Gasteiger charge is -2.23. The monoisotopic (exact) mass is 466 g/mol. The van der Waals surface area contributed by atoms with Crippen LogP contribution in [-0.2, 0) is 4.79 Å². The van der Waals surface area contributed by atoms with Crippen molar-refractivity contribution in [1.82, 2.24) is 15.2 Å². The van der Waals surface area contributed by atoms with Crippen LogP contribution in [0.3, 0.4) is 0 Å². The fourth-order valence-electron chi connectivity index (χ4n) is 4.31. The minimum Gasteiger partial charge on any atom is -0.494 e. The Balaban J connectivity index is 1.72. The summed E-state index contributed by atoms with van der Waals surface area (Å²) in [5.74, 6) is 0.530. The maximum absolute atomic E-state index is 14.6. The predicted octanol–water partition coefficient (Wildman–Crippen LogP) is 3.56. The van der Waals surface area contributed by atoms with E-state index in [9.17, 15) is 9.18 Å². The third-order valence-corrected chi connectivity index (χ3v) is 6.15. The van der Waals surface area contributed by atoms with Gasteiger partial charge >= 0.3 is 0 Å². The average molecular weight is 467 g/mol. The third kappa shape index (κ3) is 4.92. The first kappa shape index (κ1) is 23.8. The number of carbonyl (C=O) groups excluding carboxylic acids is 1. The molecule has 2 aromatic carbocycles. The molecule has 2 heterocycles. The highest BCUT2D eigenvalue weighted by molar-refractivity contribution is 5.95. The molecule has 3 aromatic rings. The number of rotatable bonds is 8. The third-order valence-electron chi connectivity index (χ3n) is 6.15. The number of hydrogen-bond donors (Lipinski definition) is 1. The van der Waals surface area contributed by atoms with Crippen LogP contribution in [-0.4, -0.2) is 70.3 Å². The number of benzene rings is 2. The van der Waals surface area contributed by atoms with Crippen LogP contribution < -0.4 is 19.7 Å². The summed E-state index contributed by atoms with van der Waals surface area (Å²) in [6, 6.07) is 12.9. The molecule has 1 aliphatic rings. The maximum Gasteiger partial charge on any atom is 0.227 e. The van der Waals surface area contributed by atoms with Crippen molar-refractivity contribution in [3.8, 4) is 22.8 Å². The zero-order chi connectivity index (χ0) is 24.2. The van der Waals surface area contributed by atoms with Gasteiger partial charge in [-0.25, -0.2) is 9.37 Å². The number of anilines is 1. The normalized spacial score (nSPS) is 15.6. The van der Waals surface area contributed by atoms with Gasteiger partial charge in [-0.05, 0) is 49.9 Å².